The van der Waals surface area contributed by atoms with Crippen LogP contribution in [-0.4, -0.2) is 56.6 Å². The number of methoxy groups -OCH3 is 1. The maximum atomic E-state index is 12.1. The molecule has 22 heavy (non-hydrogen) atoms. The molecule has 0 saturated carbocycles. The molecule has 2 saturated heterocycles. The van der Waals surface area contributed by atoms with Gasteiger partial charge < -0.3 is 15.0 Å². The van der Waals surface area contributed by atoms with E-state index in [1.807, 2.05) is 24.3 Å². The molecule has 6 nitrogen and oxygen atoms in total. The van der Waals surface area contributed by atoms with Crippen molar-refractivity contribution in [3.8, 4) is 5.75 Å². The lowest BCUT2D eigenvalue weighted by Crippen LogP contribution is -2.48. The molecule has 0 spiro atoms. The van der Waals surface area contributed by atoms with Gasteiger partial charge in [-0.2, -0.15) is 0 Å². The van der Waals surface area contributed by atoms with Gasteiger partial charge in [-0.25, -0.2) is 13.2 Å². The summed E-state index contributed by atoms with van der Waals surface area (Å²) in [6.07, 6.45) is 1.32. The highest BCUT2D eigenvalue weighted by Crippen LogP contribution is 2.32. The highest BCUT2D eigenvalue weighted by Gasteiger charge is 2.49. The Labute approximate surface area is 130 Å². The van der Waals surface area contributed by atoms with Crippen molar-refractivity contribution >= 4 is 15.9 Å². The van der Waals surface area contributed by atoms with Gasteiger partial charge in [-0.05, 0) is 30.5 Å². The first kappa shape index (κ1) is 15.1. The fourth-order valence-corrected chi connectivity index (χ4v) is 5.18. The lowest BCUT2D eigenvalue weighted by Gasteiger charge is -2.27. The number of hydrogen-bond donors (Lipinski definition) is 1. The van der Waals surface area contributed by atoms with Gasteiger partial charge in [-0.3, -0.25) is 0 Å². The van der Waals surface area contributed by atoms with Crippen LogP contribution >= 0.6 is 0 Å². The molecule has 1 aromatic rings. The lowest BCUT2D eigenvalue weighted by atomic mass is 10.1. The molecule has 0 radical (unpaired) electrons. The molecule has 2 aliphatic heterocycles. The highest BCUT2D eigenvalue weighted by molar-refractivity contribution is 7.92. The predicted octanol–water partition coefficient (Wildman–Crippen LogP) is 0.819. The third-order valence-electron chi connectivity index (χ3n) is 4.42. The average molecular weight is 324 g/mol. The second kappa shape index (κ2) is 5.79. The number of carbonyl (C=O) groups excluding carboxylic acids is 1. The molecule has 2 unspecified atom stereocenters. The normalized spacial score (nSPS) is 25.2. The van der Waals surface area contributed by atoms with Crippen molar-refractivity contribution in [2.45, 2.75) is 24.1 Å². The van der Waals surface area contributed by atoms with Crippen molar-refractivity contribution in [3.63, 3.8) is 0 Å². The molecule has 0 aliphatic carbocycles. The van der Waals surface area contributed by atoms with Crippen LogP contribution in [0.2, 0.25) is 0 Å². The van der Waals surface area contributed by atoms with Crippen molar-refractivity contribution in [1.82, 2.24) is 10.2 Å². The van der Waals surface area contributed by atoms with Crippen molar-refractivity contribution in [2.24, 2.45) is 0 Å². The summed E-state index contributed by atoms with van der Waals surface area (Å²) in [5.74, 6) is 0.922. The SMILES string of the molecule is COc1ccc(CCNC(=O)N2CC3CC2CS3(=O)=O)cc1. The lowest BCUT2D eigenvalue weighted by molar-refractivity contribution is 0.195. The molecule has 2 amide bonds. The first-order valence-electron chi connectivity index (χ1n) is 7.38. The van der Waals surface area contributed by atoms with E-state index in [0.717, 1.165) is 17.7 Å². The minimum Gasteiger partial charge on any atom is -0.497 e. The van der Waals surface area contributed by atoms with Gasteiger partial charge >= 0.3 is 6.03 Å². The van der Waals surface area contributed by atoms with Crippen LogP contribution in [-0.2, 0) is 16.3 Å². The van der Waals surface area contributed by atoms with Crippen LogP contribution < -0.4 is 10.1 Å². The number of sulfone groups is 1. The molecule has 1 aromatic carbocycles. The van der Waals surface area contributed by atoms with Gasteiger partial charge in [0.25, 0.3) is 0 Å². The van der Waals surface area contributed by atoms with Crippen LogP contribution in [0.5, 0.6) is 5.75 Å². The van der Waals surface area contributed by atoms with Gasteiger partial charge in [-0.1, -0.05) is 12.1 Å². The van der Waals surface area contributed by atoms with E-state index in [9.17, 15) is 13.2 Å². The van der Waals surface area contributed by atoms with Crippen molar-refractivity contribution in [2.75, 3.05) is 26.0 Å². The summed E-state index contributed by atoms with van der Waals surface area (Å²) in [4.78, 5) is 13.8. The average Bonchev–Trinajstić information content (AvgIpc) is 3.03. The molecule has 2 bridgehead atoms. The fraction of sp³-hybridized carbons (Fsp3) is 0.533. The van der Waals surface area contributed by atoms with E-state index in [2.05, 4.69) is 5.32 Å². The Morgan fingerprint density at radius 1 is 1.36 bits per heavy atom. The van der Waals surface area contributed by atoms with Gasteiger partial charge in [-0.15, -0.1) is 0 Å². The van der Waals surface area contributed by atoms with Gasteiger partial charge in [0.1, 0.15) is 5.75 Å². The number of likely N-dealkylation sites (tertiary alicyclic amines) is 1. The molecular weight excluding hydrogens is 304 g/mol. The standard InChI is InChI=1S/C15H20N2O4S/c1-21-13-4-2-11(3-5-13)6-7-16-15(18)17-9-14-8-12(17)10-22(14,19)20/h2-5,12,14H,6-10H2,1H3,(H,16,18). The zero-order valence-corrected chi connectivity index (χ0v) is 13.3. The van der Waals surface area contributed by atoms with E-state index in [0.29, 0.717) is 19.5 Å². The number of fused-ring (bicyclic) bond motifs is 2. The molecule has 2 atom stereocenters. The van der Waals surface area contributed by atoms with Gasteiger partial charge in [0.05, 0.1) is 18.1 Å². The minimum atomic E-state index is -2.96. The van der Waals surface area contributed by atoms with Crippen molar-refractivity contribution in [3.05, 3.63) is 29.8 Å². The Kier molecular flexibility index (Phi) is 3.99. The summed E-state index contributed by atoms with van der Waals surface area (Å²) >= 11 is 0. The Morgan fingerprint density at radius 2 is 2.09 bits per heavy atom. The number of carbonyl (C=O) groups is 1. The highest BCUT2D eigenvalue weighted by atomic mass is 32.2. The Morgan fingerprint density at radius 3 is 2.64 bits per heavy atom. The number of hydrogen-bond acceptors (Lipinski definition) is 4. The molecule has 2 aliphatic rings. The molecule has 1 N–H and O–H groups in total. The summed E-state index contributed by atoms with van der Waals surface area (Å²) in [5, 5.41) is 2.52. The first-order valence-corrected chi connectivity index (χ1v) is 9.10. The second-order valence-electron chi connectivity index (χ2n) is 5.82. The molecule has 3 rings (SSSR count). The number of nitrogens with zero attached hydrogens (tertiary/aromatic N) is 1. The molecular formula is C15H20N2O4S. The van der Waals surface area contributed by atoms with Crippen molar-refractivity contribution in [1.29, 1.82) is 0 Å². The molecule has 2 heterocycles. The van der Waals surface area contributed by atoms with Crippen LogP contribution in [0.4, 0.5) is 4.79 Å². The minimum absolute atomic E-state index is 0.115. The van der Waals surface area contributed by atoms with E-state index in [-0.39, 0.29) is 23.1 Å². The second-order valence-corrected chi connectivity index (χ2v) is 8.15. The molecule has 0 aromatic heterocycles. The summed E-state index contributed by atoms with van der Waals surface area (Å²) < 4.78 is 28.4. The van der Waals surface area contributed by atoms with Gasteiger partial charge in [0, 0.05) is 19.1 Å². The zero-order chi connectivity index (χ0) is 15.7. The number of amides is 2. The predicted molar refractivity (Wildman–Crippen MR) is 82.8 cm³/mol. The van der Waals surface area contributed by atoms with Crippen LogP contribution in [0, 0.1) is 0 Å². The van der Waals surface area contributed by atoms with E-state index in [1.54, 1.807) is 12.0 Å². The third kappa shape index (κ3) is 2.90. The summed E-state index contributed by atoms with van der Waals surface area (Å²) in [6.45, 7) is 0.868. The maximum absolute atomic E-state index is 12.1. The van der Waals surface area contributed by atoms with Gasteiger partial charge in [0.2, 0.25) is 0 Å². The number of rotatable bonds is 4. The number of nitrogens with one attached hydrogen (secondary N) is 1. The number of urea groups is 1. The fourth-order valence-electron chi connectivity index (χ4n) is 3.15. The first-order chi connectivity index (χ1) is 10.5. The smallest absolute Gasteiger partial charge is 0.317 e. The van der Waals surface area contributed by atoms with E-state index in [4.69, 9.17) is 4.74 Å². The summed E-state index contributed by atoms with van der Waals surface area (Å²) in [6, 6.07) is 7.42. The van der Waals surface area contributed by atoms with Gasteiger partial charge in [0.15, 0.2) is 9.84 Å². The van der Waals surface area contributed by atoms with Crippen LogP contribution in [0.25, 0.3) is 0 Å². The van der Waals surface area contributed by atoms with E-state index in [1.165, 1.54) is 0 Å². The van der Waals surface area contributed by atoms with E-state index < -0.39 is 9.84 Å². The Balaban J connectivity index is 1.47. The van der Waals surface area contributed by atoms with E-state index >= 15 is 0 Å². The monoisotopic (exact) mass is 324 g/mol. The third-order valence-corrected chi connectivity index (χ3v) is 6.63. The number of ether oxygens (including phenoxy) is 1. The van der Waals surface area contributed by atoms with Crippen molar-refractivity contribution < 1.29 is 17.9 Å². The summed E-state index contributed by atoms with van der Waals surface area (Å²) in [5.41, 5.74) is 1.12. The largest absolute Gasteiger partial charge is 0.497 e. The maximum Gasteiger partial charge on any atom is 0.317 e. The summed E-state index contributed by atoms with van der Waals surface area (Å²) in [7, 11) is -1.33. The zero-order valence-electron chi connectivity index (χ0n) is 12.5. The van der Waals surface area contributed by atoms with Crippen LogP contribution in [0.3, 0.4) is 0 Å². The number of benzene rings is 1. The topological polar surface area (TPSA) is 75.7 Å². The van der Waals surface area contributed by atoms with Crippen LogP contribution in [0.15, 0.2) is 24.3 Å². The molecule has 120 valence electrons. The quantitative estimate of drug-likeness (QED) is 0.890. The molecule has 7 heteroatoms. The molecule has 2 fully saturated rings. The Hall–Kier alpha value is -1.76. The van der Waals surface area contributed by atoms with Crippen LogP contribution in [0.1, 0.15) is 12.0 Å². The Bertz CT molecular complexity index is 657.